The minimum absolute atomic E-state index is 0.343. The molecule has 0 fully saturated rings. The van der Waals surface area contributed by atoms with Gasteiger partial charge in [0.15, 0.2) is 0 Å². The van der Waals surface area contributed by atoms with Gasteiger partial charge in [-0.15, -0.1) is 0 Å². The minimum Gasteiger partial charge on any atom is -0.288 e. The van der Waals surface area contributed by atoms with Crippen LogP contribution in [0.1, 0.15) is 25.6 Å². The van der Waals surface area contributed by atoms with Crippen molar-refractivity contribution in [1.82, 2.24) is 14.4 Å². The fraction of sp³-hybridized carbons (Fsp3) is 0.333. The van der Waals surface area contributed by atoms with Crippen LogP contribution in [0.5, 0.6) is 0 Å². The molecule has 0 bridgehead atoms. The molecule has 0 radical (unpaired) electrons. The van der Waals surface area contributed by atoms with Gasteiger partial charge >= 0.3 is 0 Å². The van der Waals surface area contributed by atoms with E-state index in [0.717, 1.165) is 11.5 Å². The predicted octanol–water partition coefficient (Wildman–Crippen LogP) is 2.51. The summed E-state index contributed by atoms with van der Waals surface area (Å²) in [5, 5.41) is 0.502. The molecule has 0 N–H and O–H groups in total. The Hall–Kier alpha value is -1.09. The fourth-order valence-electron chi connectivity index (χ4n) is 1.32. The number of fused-ring (bicyclic) bond motifs is 1. The highest BCUT2D eigenvalue weighted by Crippen LogP contribution is 2.17. The van der Waals surface area contributed by atoms with Crippen molar-refractivity contribution in [3.05, 3.63) is 29.4 Å². The van der Waals surface area contributed by atoms with Crippen LogP contribution in [0.25, 0.3) is 5.65 Å². The summed E-state index contributed by atoms with van der Waals surface area (Å²) in [5.41, 5.74) is 0.851. The molecule has 0 spiro atoms. The van der Waals surface area contributed by atoms with E-state index in [2.05, 4.69) is 23.8 Å². The molecule has 0 aliphatic carbocycles. The second-order valence-electron chi connectivity index (χ2n) is 3.25. The van der Waals surface area contributed by atoms with Crippen molar-refractivity contribution >= 4 is 17.2 Å². The molecule has 3 nitrogen and oxygen atoms in total. The summed E-state index contributed by atoms with van der Waals surface area (Å²) in [4.78, 5) is 8.42. The Morgan fingerprint density at radius 1 is 1.46 bits per heavy atom. The normalized spacial score (nSPS) is 11.4. The number of halogens is 1. The van der Waals surface area contributed by atoms with Crippen LogP contribution in [0.2, 0.25) is 5.15 Å². The average Bonchev–Trinajstić information content (AvgIpc) is 2.49. The van der Waals surface area contributed by atoms with Crippen molar-refractivity contribution in [1.29, 1.82) is 0 Å². The van der Waals surface area contributed by atoms with Crippen molar-refractivity contribution in [2.45, 2.75) is 19.8 Å². The molecule has 13 heavy (non-hydrogen) atoms. The van der Waals surface area contributed by atoms with Crippen LogP contribution in [0.15, 0.2) is 18.5 Å². The summed E-state index contributed by atoms with van der Waals surface area (Å²) in [6.45, 7) is 4.16. The lowest BCUT2D eigenvalue weighted by atomic mass is 10.2. The van der Waals surface area contributed by atoms with Gasteiger partial charge in [0.1, 0.15) is 16.6 Å². The molecule has 2 aromatic heterocycles. The zero-order chi connectivity index (χ0) is 9.42. The van der Waals surface area contributed by atoms with Gasteiger partial charge in [-0.05, 0) is 0 Å². The topological polar surface area (TPSA) is 30.2 Å². The molecule has 2 aromatic rings. The fourth-order valence-corrected chi connectivity index (χ4v) is 1.51. The van der Waals surface area contributed by atoms with Gasteiger partial charge in [0.25, 0.3) is 0 Å². The van der Waals surface area contributed by atoms with Gasteiger partial charge in [0, 0.05) is 24.4 Å². The lowest BCUT2D eigenvalue weighted by molar-refractivity contribution is 0.753. The molecule has 0 saturated carbocycles. The summed E-state index contributed by atoms with van der Waals surface area (Å²) >= 11 is 5.86. The molecule has 2 rings (SSSR count). The number of imidazole rings is 1. The number of nitrogens with zero attached hydrogens (tertiary/aromatic N) is 3. The van der Waals surface area contributed by atoms with Crippen LogP contribution in [-0.2, 0) is 0 Å². The van der Waals surface area contributed by atoms with E-state index in [9.17, 15) is 0 Å². The first-order chi connectivity index (χ1) is 6.18. The van der Waals surface area contributed by atoms with Crippen LogP contribution in [0, 0.1) is 0 Å². The molecule has 4 heteroatoms. The Bertz CT molecular complexity index is 433. The maximum Gasteiger partial charge on any atom is 0.141 e. The summed E-state index contributed by atoms with van der Waals surface area (Å²) < 4.78 is 1.95. The van der Waals surface area contributed by atoms with Gasteiger partial charge in [-0.25, -0.2) is 9.97 Å². The molecule has 0 aliphatic heterocycles. The molecule has 0 amide bonds. The van der Waals surface area contributed by atoms with Crippen molar-refractivity contribution in [2.75, 3.05) is 0 Å². The van der Waals surface area contributed by atoms with Crippen LogP contribution in [-0.4, -0.2) is 14.4 Å². The first-order valence-corrected chi connectivity index (χ1v) is 4.56. The van der Waals surface area contributed by atoms with E-state index in [1.54, 1.807) is 12.3 Å². The zero-order valence-corrected chi connectivity index (χ0v) is 8.28. The second-order valence-corrected chi connectivity index (χ2v) is 3.63. The van der Waals surface area contributed by atoms with Gasteiger partial charge in [0.05, 0.1) is 0 Å². The Morgan fingerprint density at radius 3 is 2.92 bits per heavy atom. The molecule has 0 saturated heterocycles. The van der Waals surface area contributed by atoms with E-state index in [4.69, 9.17) is 11.6 Å². The Kier molecular flexibility index (Phi) is 1.96. The number of aromatic nitrogens is 3. The standard InChI is InChI=1S/C9H10ClN3/c1-6(2)9-12-7(10)5-8-11-3-4-13(8)9/h3-6H,1-2H3. The van der Waals surface area contributed by atoms with Crippen molar-refractivity contribution < 1.29 is 0 Å². The third-order valence-electron chi connectivity index (χ3n) is 1.90. The zero-order valence-electron chi connectivity index (χ0n) is 7.53. The summed E-state index contributed by atoms with van der Waals surface area (Å²) in [6.07, 6.45) is 3.65. The summed E-state index contributed by atoms with van der Waals surface area (Å²) in [7, 11) is 0. The third-order valence-corrected chi connectivity index (χ3v) is 2.10. The largest absolute Gasteiger partial charge is 0.288 e. The number of hydrogen-bond acceptors (Lipinski definition) is 2. The minimum atomic E-state index is 0.343. The van der Waals surface area contributed by atoms with Gasteiger partial charge < -0.3 is 0 Å². The van der Waals surface area contributed by atoms with E-state index in [1.165, 1.54) is 0 Å². The molecular weight excluding hydrogens is 186 g/mol. The van der Waals surface area contributed by atoms with Crippen molar-refractivity contribution in [3.63, 3.8) is 0 Å². The van der Waals surface area contributed by atoms with E-state index < -0.39 is 0 Å². The van der Waals surface area contributed by atoms with Gasteiger partial charge in [-0.1, -0.05) is 25.4 Å². The van der Waals surface area contributed by atoms with E-state index in [1.807, 2.05) is 10.6 Å². The summed E-state index contributed by atoms with van der Waals surface area (Å²) in [6, 6.07) is 1.76. The molecule has 0 unspecified atom stereocenters. The average molecular weight is 196 g/mol. The third kappa shape index (κ3) is 1.40. The number of hydrogen-bond donors (Lipinski definition) is 0. The van der Waals surface area contributed by atoms with Crippen LogP contribution < -0.4 is 0 Å². The van der Waals surface area contributed by atoms with E-state index >= 15 is 0 Å². The van der Waals surface area contributed by atoms with E-state index in [0.29, 0.717) is 11.1 Å². The number of rotatable bonds is 1. The lowest BCUT2D eigenvalue weighted by Gasteiger charge is -2.07. The first kappa shape index (κ1) is 8.51. The van der Waals surface area contributed by atoms with E-state index in [-0.39, 0.29) is 0 Å². The first-order valence-electron chi connectivity index (χ1n) is 4.18. The Balaban J connectivity index is 2.77. The molecule has 68 valence electrons. The Labute approximate surface area is 81.4 Å². The van der Waals surface area contributed by atoms with Gasteiger partial charge in [-0.2, -0.15) is 0 Å². The highest BCUT2D eigenvalue weighted by atomic mass is 35.5. The highest BCUT2D eigenvalue weighted by Gasteiger charge is 2.08. The van der Waals surface area contributed by atoms with Crippen LogP contribution in [0.3, 0.4) is 0 Å². The maximum atomic E-state index is 5.86. The quantitative estimate of drug-likeness (QED) is 0.655. The smallest absolute Gasteiger partial charge is 0.141 e. The van der Waals surface area contributed by atoms with Gasteiger partial charge in [0.2, 0.25) is 0 Å². The predicted molar refractivity (Wildman–Crippen MR) is 52.1 cm³/mol. The Morgan fingerprint density at radius 2 is 2.23 bits per heavy atom. The van der Waals surface area contributed by atoms with Crippen molar-refractivity contribution in [3.8, 4) is 0 Å². The van der Waals surface area contributed by atoms with Gasteiger partial charge in [-0.3, -0.25) is 4.40 Å². The SMILES string of the molecule is CC(C)c1nc(Cl)cc2nccn12. The molecule has 2 heterocycles. The maximum absolute atomic E-state index is 5.86. The molecule has 0 aromatic carbocycles. The van der Waals surface area contributed by atoms with Crippen LogP contribution in [0.4, 0.5) is 0 Å². The molecule has 0 atom stereocenters. The lowest BCUT2D eigenvalue weighted by Crippen LogP contribution is -2.02. The molecule has 0 aliphatic rings. The van der Waals surface area contributed by atoms with Crippen LogP contribution >= 0.6 is 11.6 Å². The highest BCUT2D eigenvalue weighted by molar-refractivity contribution is 6.29. The molecular formula is C9H10ClN3. The second kappa shape index (κ2) is 3.00. The summed E-state index contributed by atoms with van der Waals surface area (Å²) in [5.74, 6) is 1.29. The monoisotopic (exact) mass is 195 g/mol. The van der Waals surface area contributed by atoms with Crippen molar-refractivity contribution in [2.24, 2.45) is 0 Å².